The Morgan fingerprint density at radius 3 is 2.74 bits per heavy atom. The molecule has 172 valence electrons. The summed E-state index contributed by atoms with van der Waals surface area (Å²) < 4.78 is 0.914. The number of anilines is 2. The maximum absolute atomic E-state index is 13.0. The summed E-state index contributed by atoms with van der Waals surface area (Å²) >= 11 is 7.56. The van der Waals surface area contributed by atoms with E-state index < -0.39 is 0 Å². The fourth-order valence-electron chi connectivity index (χ4n) is 3.82. The van der Waals surface area contributed by atoms with E-state index in [-0.39, 0.29) is 5.43 Å². The summed E-state index contributed by atoms with van der Waals surface area (Å²) in [6.07, 6.45) is 4.60. The Morgan fingerprint density at radius 2 is 1.85 bits per heavy atom. The van der Waals surface area contributed by atoms with Crippen molar-refractivity contribution in [1.82, 2.24) is 24.8 Å². The Balaban J connectivity index is 1.20. The van der Waals surface area contributed by atoms with Crippen LogP contribution in [0.5, 0.6) is 0 Å². The molecule has 0 bridgehead atoms. The Morgan fingerprint density at radius 1 is 1.00 bits per heavy atom. The van der Waals surface area contributed by atoms with Gasteiger partial charge in [-0.1, -0.05) is 17.7 Å². The van der Waals surface area contributed by atoms with Crippen LogP contribution in [0.4, 0.5) is 11.5 Å². The lowest BCUT2D eigenvalue weighted by Crippen LogP contribution is -2.30. The summed E-state index contributed by atoms with van der Waals surface area (Å²) in [6.45, 7) is 3.08. The molecule has 0 atom stereocenters. The zero-order valence-corrected chi connectivity index (χ0v) is 20.0. The van der Waals surface area contributed by atoms with Gasteiger partial charge >= 0.3 is 0 Å². The molecule has 5 aromatic rings. The maximum Gasteiger partial charge on any atom is 0.201 e. The first kappa shape index (κ1) is 22.4. The molecule has 0 aliphatic carbocycles. The van der Waals surface area contributed by atoms with Gasteiger partial charge in [0.15, 0.2) is 0 Å². The first-order valence-corrected chi connectivity index (χ1v) is 12.0. The molecule has 3 aromatic heterocycles. The monoisotopic (exact) mass is 491 g/mol. The van der Waals surface area contributed by atoms with E-state index in [1.54, 1.807) is 12.5 Å². The SMILES string of the molecule is CN(CCNc1ncnc2cc(Cl)ccc12)CCNc1cccc2sc3ncncc3c(=O)c12. The molecule has 10 heteroatoms. The van der Waals surface area contributed by atoms with Gasteiger partial charge in [0.05, 0.1) is 16.3 Å². The van der Waals surface area contributed by atoms with Crippen LogP contribution in [0.25, 0.3) is 31.2 Å². The molecule has 0 amide bonds. The van der Waals surface area contributed by atoms with Gasteiger partial charge in [0.2, 0.25) is 5.43 Å². The molecule has 0 unspecified atom stereocenters. The Kier molecular flexibility index (Phi) is 6.48. The smallest absolute Gasteiger partial charge is 0.201 e. The zero-order chi connectivity index (χ0) is 23.5. The molecule has 0 saturated heterocycles. The Hall–Kier alpha value is -3.40. The molecule has 0 radical (unpaired) electrons. The summed E-state index contributed by atoms with van der Waals surface area (Å²) in [5.74, 6) is 0.796. The van der Waals surface area contributed by atoms with Gasteiger partial charge < -0.3 is 15.5 Å². The summed E-state index contributed by atoms with van der Waals surface area (Å²) in [6, 6.07) is 11.5. The predicted molar refractivity (Wildman–Crippen MR) is 140 cm³/mol. The number of hydrogen-bond donors (Lipinski definition) is 2. The van der Waals surface area contributed by atoms with Crippen LogP contribution in [0.2, 0.25) is 5.02 Å². The molecule has 0 aliphatic heterocycles. The highest BCUT2D eigenvalue weighted by Gasteiger charge is 2.11. The van der Waals surface area contributed by atoms with Crippen LogP contribution in [-0.2, 0) is 0 Å². The van der Waals surface area contributed by atoms with Crippen LogP contribution in [0.15, 0.2) is 60.0 Å². The summed E-state index contributed by atoms with van der Waals surface area (Å²) in [5, 5.41) is 9.66. The van der Waals surface area contributed by atoms with Crippen LogP contribution < -0.4 is 16.1 Å². The first-order valence-electron chi connectivity index (χ1n) is 10.8. The van der Waals surface area contributed by atoms with Crippen molar-refractivity contribution in [2.75, 3.05) is 43.9 Å². The number of aromatic nitrogens is 4. The highest BCUT2D eigenvalue weighted by Crippen LogP contribution is 2.27. The third-order valence-electron chi connectivity index (χ3n) is 5.57. The minimum atomic E-state index is -0.0385. The van der Waals surface area contributed by atoms with Gasteiger partial charge in [-0.3, -0.25) is 4.79 Å². The number of nitrogens with zero attached hydrogens (tertiary/aromatic N) is 5. The largest absolute Gasteiger partial charge is 0.383 e. The number of fused-ring (bicyclic) bond motifs is 3. The van der Waals surface area contributed by atoms with Crippen molar-refractivity contribution < 1.29 is 0 Å². The fraction of sp³-hybridized carbons (Fsp3) is 0.208. The predicted octanol–water partition coefficient (Wildman–Crippen LogP) is 4.26. The van der Waals surface area contributed by atoms with E-state index in [1.165, 1.54) is 17.7 Å². The molecular weight excluding hydrogens is 470 g/mol. The molecular formula is C24H22ClN7OS. The Bertz CT molecular complexity index is 1540. The standard InChI is InChI=1S/C24H22ClN7OS/c1-32(10-8-28-23-16-6-5-15(25)11-19(16)29-14-30-23)9-7-27-18-3-2-4-20-21(18)22(33)17-12-26-13-31-24(17)34-20/h2-6,11-14,27H,7-10H2,1H3,(H,28,29,30). The highest BCUT2D eigenvalue weighted by molar-refractivity contribution is 7.24. The minimum absolute atomic E-state index is 0.0385. The molecule has 2 aromatic carbocycles. The molecule has 3 heterocycles. The van der Waals surface area contributed by atoms with E-state index in [2.05, 4.69) is 42.5 Å². The molecule has 5 rings (SSSR count). The van der Waals surface area contributed by atoms with Crippen LogP contribution in [0, 0.1) is 0 Å². The average Bonchev–Trinajstić information content (AvgIpc) is 2.84. The second-order valence-corrected chi connectivity index (χ2v) is 9.36. The van der Waals surface area contributed by atoms with Crippen LogP contribution >= 0.6 is 22.9 Å². The normalized spacial score (nSPS) is 11.5. The lowest BCUT2D eigenvalue weighted by Gasteiger charge is -2.18. The molecule has 34 heavy (non-hydrogen) atoms. The van der Waals surface area contributed by atoms with Crippen molar-refractivity contribution in [2.24, 2.45) is 0 Å². The summed E-state index contributed by atoms with van der Waals surface area (Å²) in [5.41, 5.74) is 1.61. The number of nitrogens with one attached hydrogen (secondary N) is 2. The van der Waals surface area contributed by atoms with E-state index >= 15 is 0 Å². The third-order valence-corrected chi connectivity index (χ3v) is 6.89. The number of benzene rings is 2. The van der Waals surface area contributed by atoms with Crippen LogP contribution in [0.3, 0.4) is 0 Å². The second-order valence-electron chi connectivity index (χ2n) is 7.89. The van der Waals surface area contributed by atoms with Crippen molar-refractivity contribution in [1.29, 1.82) is 0 Å². The average molecular weight is 492 g/mol. The van der Waals surface area contributed by atoms with Gasteiger partial charge in [0.1, 0.15) is 23.3 Å². The van der Waals surface area contributed by atoms with Crippen molar-refractivity contribution in [3.05, 3.63) is 70.5 Å². The third kappa shape index (κ3) is 4.63. The van der Waals surface area contributed by atoms with Gasteiger partial charge in [-0.15, -0.1) is 11.3 Å². The van der Waals surface area contributed by atoms with Gasteiger partial charge in [-0.25, -0.2) is 19.9 Å². The zero-order valence-electron chi connectivity index (χ0n) is 18.5. The van der Waals surface area contributed by atoms with Crippen LogP contribution in [-0.4, -0.2) is 58.1 Å². The van der Waals surface area contributed by atoms with Gasteiger partial charge in [0.25, 0.3) is 0 Å². The van der Waals surface area contributed by atoms with E-state index in [4.69, 9.17) is 11.6 Å². The fourth-order valence-corrected chi connectivity index (χ4v) is 5.00. The van der Waals surface area contributed by atoms with Crippen LogP contribution in [0.1, 0.15) is 0 Å². The van der Waals surface area contributed by atoms with Gasteiger partial charge in [0, 0.05) is 53.2 Å². The molecule has 0 saturated carbocycles. The lowest BCUT2D eigenvalue weighted by atomic mass is 10.2. The van der Waals surface area contributed by atoms with E-state index in [9.17, 15) is 4.79 Å². The van der Waals surface area contributed by atoms with Crippen molar-refractivity contribution in [2.45, 2.75) is 0 Å². The molecule has 0 aliphatic rings. The number of hydrogen-bond acceptors (Lipinski definition) is 9. The number of likely N-dealkylation sites (N-methyl/N-ethyl adjacent to an activating group) is 1. The molecule has 2 N–H and O–H groups in total. The quantitative estimate of drug-likeness (QED) is 0.311. The van der Waals surface area contributed by atoms with E-state index in [0.29, 0.717) is 27.2 Å². The van der Waals surface area contributed by atoms with Crippen molar-refractivity contribution in [3.63, 3.8) is 0 Å². The first-order chi connectivity index (χ1) is 16.6. The topological polar surface area (TPSA) is 95.9 Å². The van der Waals surface area contributed by atoms with E-state index in [0.717, 1.165) is 46.7 Å². The van der Waals surface area contributed by atoms with E-state index in [1.807, 2.05) is 36.4 Å². The van der Waals surface area contributed by atoms with Gasteiger partial charge in [-0.2, -0.15) is 0 Å². The van der Waals surface area contributed by atoms with Crippen molar-refractivity contribution in [3.8, 4) is 0 Å². The Labute approximate surface area is 204 Å². The minimum Gasteiger partial charge on any atom is -0.383 e. The highest BCUT2D eigenvalue weighted by atomic mass is 35.5. The molecule has 0 spiro atoms. The second kappa shape index (κ2) is 9.84. The number of halogens is 1. The number of rotatable bonds is 8. The van der Waals surface area contributed by atoms with Gasteiger partial charge in [-0.05, 0) is 37.4 Å². The summed E-state index contributed by atoms with van der Waals surface area (Å²) in [7, 11) is 2.07. The molecule has 8 nitrogen and oxygen atoms in total. The van der Waals surface area contributed by atoms with Crippen molar-refractivity contribution >= 4 is 65.6 Å². The summed E-state index contributed by atoms with van der Waals surface area (Å²) in [4.78, 5) is 32.9. The molecule has 0 fully saturated rings. The maximum atomic E-state index is 13.0. The lowest BCUT2D eigenvalue weighted by molar-refractivity contribution is 0.361.